The number of phenols is 1. The lowest BCUT2D eigenvalue weighted by molar-refractivity contribution is -0.120. The van der Waals surface area contributed by atoms with E-state index in [4.69, 9.17) is 11.6 Å². The number of nitrogens with zero attached hydrogens (tertiary/aromatic N) is 3. The van der Waals surface area contributed by atoms with Crippen LogP contribution >= 0.6 is 11.6 Å². The number of hydrogen-bond acceptors (Lipinski definition) is 5. The first kappa shape index (κ1) is 19.6. The van der Waals surface area contributed by atoms with E-state index in [0.717, 1.165) is 10.00 Å². The third-order valence-electron chi connectivity index (χ3n) is 4.74. The fraction of sp³-hybridized carbons (Fsp3) is 0.375. The van der Waals surface area contributed by atoms with Crippen LogP contribution in [-0.2, 0) is 22.1 Å². The van der Waals surface area contributed by atoms with Crippen LogP contribution in [0.4, 0.5) is 5.69 Å². The molecule has 1 fully saturated rings. The number of carbonyl (C=O) groups excluding carboxylic acids is 1. The molecule has 11 heteroatoms. The first-order chi connectivity index (χ1) is 12.6. The molecular formula is C16H20ClN5O4S. The van der Waals surface area contributed by atoms with Crippen LogP contribution in [0.1, 0.15) is 23.7 Å². The van der Waals surface area contributed by atoms with E-state index < -0.39 is 28.2 Å². The zero-order chi connectivity index (χ0) is 19.9. The molecule has 2 atom stereocenters. The minimum atomic E-state index is -3.87. The maximum absolute atomic E-state index is 12.8. The number of anilines is 1. The summed E-state index contributed by atoms with van der Waals surface area (Å²) in [6.07, 6.45) is 1.79. The summed E-state index contributed by atoms with van der Waals surface area (Å²) in [5.41, 5.74) is 1.63. The third kappa shape index (κ3) is 3.79. The van der Waals surface area contributed by atoms with Gasteiger partial charge in [-0.1, -0.05) is 11.6 Å². The largest absolute Gasteiger partial charge is 0.506 e. The van der Waals surface area contributed by atoms with E-state index in [9.17, 15) is 18.3 Å². The fourth-order valence-electron chi connectivity index (χ4n) is 3.00. The number of likely N-dealkylation sites (N-methyl/N-ethyl adjacent to an activating group) is 1. The summed E-state index contributed by atoms with van der Waals surface area (Å²) >= 11 is 5.90. The van der Waals surface area contributed by atoms with Crippen LogP contribution in [0.5, 0.6) is 5.75 Å². The summed E-state index contributed by atoms with van der Waals surface area (Å²) < 4.78 is 30.2. The Kier molecular flexibility index (Phi) is 5.17. The van der Waals surface area contributed by atoms with Crippen LogP contribution in [-0.4, -0.2) is 46.6 Å². The van der Waals surface area contributed by atoms with Crippen molar-refractivity contribution in [2.75, 3.05) is 12.4 Å². The highest BCUT2D eigenvalue weighted by Crippen LogP contribution is 2.31. The quantitative estimate of drug-likeness (QED) is 0.656. The maximum Gasteiger partial charge on any atom is 0.280 e. The molecule has 1 aromatic heterocycles. The van der Waals surface area contributed by atoms with E-state index in [0.29, 0.717) is 10.6 Å². The molecule has 2 heterocycles. The van der Waals surface area contributed by atoms with Crippen LogP contribution in [0, 0.1) is 6.92 Å². The van der Waals surface area contributed by atoms with Crippen molar-refractivity contribution in [1.29, 1.82) is 0 Å². The van der Waals surface area contributed by atoms with Gasteiger partial charge < -0.3 is 10.4 Å². The molecule has 1 amide bonds. The minimum absolute atomic E-state index is 0.117. The number of nitrogens with one attached hydrogen (secondary N) is 2. The van der Waals surface area contributed by atoms with Gasteiger partial charge >= 0.3 is 0 Å². The molecule has 0 aliphatic carbocycles. The van der Waals surface area contributed by atoms with Gasteiger partial charge in [0.25, 0.3) is 10.2 Å². The number of hydrogen-bond donors (Lipinski definition) is 3. The Morgan fingerprint density at radius 3 is 2.74 bits per heavy atom. The smallest absolute Gasteiger partial charge is 0.280 e. The number of aromatic nitrogens is 2. The summed E-state index contributed by atoms with van der Waals surface area (Å²) in [5.74, 6) is -0.724. The molecule has 3 rings (SSSR count). The molecule has 1 aliphatic heterocycles. The van der Waals surface area contributed by atoms with Crippen LogP contribution in [0.3, 0.4) is 0 Å². The minimum Gasteiger partial charge on any atom is -0.506 e. The van der Waals surface area contributed by atoms with Gasteiger partial charge in [-0.3, -0.25) is 9.48 Å². The van der Waals surface area contributed by atoms with Gasteiger partial charge in [0.2, 0.25) is 5.91 Å². The number of aryl methyl sites for hydroxylation is 1. The van der Waals surface area contributed by atoms with Crippen molar-refractivity contribution in [2.24, 2.45) is 7.05 Å². The molecule has 146 valence electrons. The van der Waals surface area contributed by atoms with Gasteiger partial charge in [0.15, 0.2) is 0 Å². The van der Waals surface area contributed by atoms with Gasteiger partial charge in [-0.15, -0.1) is 0 Å². The standard InChI is InChI=1S/C16H20ClN5O4S/c1-9-11(8-18-21(9)2)12-7-14(22(3)27(25,26)20-12)16(24)19-13-6-10(17)4-5-15(13)23/h4-6,8,12,14,20,23H,7H2,1-3H3,(H,19,24)/t12-,14+/m0/s1. The van der Waals surface area contributed by atoms with E-state index in [2.05, 4.69) is 15.1 Å². The fourth-order valence-corrected chi connectivity index (χ4v) is 4.43. The van der Waals surface area contributed by atoms with E-state index >= 15 is 0 Å². The van der Waals surface area contributed by atoms with E-state index in [1.165, 1.54) is 25.2 Å². The number of rotatable bonds is 3. The lowest BCUT2D eigenvalue weighted by atomic mass is 10.00. The Hall–Kier alpha value is -2.14. The van der Waals surface area contributed by atoms with E-state index in [1.807, 2.05) is 6.92 Å². The SMILES string of the molecule is Cc1c([C@@H]2C[C@H](C(=O)Nc3cc(Cl)ccc3O)N(C)S(=O)(=O)N2)cnn1C. The third-order valence-corrected chi connectivity index (χ3v) is 6.57. The number of benzene rings is 1. The number of carbonyl (C=O) groups is 1. The highest BCUT2D eigenvalue weighted by Gasteiger charge is 2.41. The lowest BCUT2D eigenvalue weighted by Crippen LogP contribution is -2.56. The number of amides is 1. The molecule has 1 aromatic carbocycles. The molecule has 2 aromatic rings. The van der Waals surface area contributed by atoms with Crippen molar-refractivity contribution in [3.05, 3.63) is 40.7 Å². The summed E-state index contributed by atoms with van der Waals surface area (Å²) in [6, 6.07) is 2.66. The highest BCUT2D eigenvalue weighted by molar-refractivity contribution is 7.87. The topological polar surface area (TPSA) is 117 Å². The molecule has 0 radical (unpaired) electrons. The maximum atomic E-state index is 12.8. The first-order valence-electron chi connectivity index (χ1n) is 8.13. The average Bonchev–Trinajstić information content (AvgIpc) is 2.92. The molecule has 0 unspecified atom stereocenters. The van der Waals surface area contributed by atoms with E-state index in [1.54, 1.807) is 17.9 Å². The van der Waals surface area contributed by atoms with Crippen molar-refractivity contribution in [2.45, 2.75) is 25.4 Å². The molecule has 0 spiro atoms. The van der Waals surface area contributed by atoms with Crippen molar-refractivity contribution in [3.63, 3.8) is 0 Å². The van der Waals surface area contributed by atoms with Gasteiger partial charge in [-0.25, -0.2) is 0 Å². The van der Waals surface area contributed by atoms with Crippen molar-refractivity contribution >= 4 is 33.4 Å². The molecule has 27 heavy (non-hydrogen) atoms. The molecular weight excluding hydrogens is 394 g/mol. The predicted octanol–water partition coefficient (Wildman–Crippen LogP) is 1.31. The Morgan fingerprint density at radius 1 is 1.41 bits per heavy atom. The number of aromatic hydroxyl groups is 1. The molecule has 9 nitrogen and oxygen atoms in total. The monoisotopic (exact) mass is 413 g/mol. The summed E-state index contributed by atoms with van der Waals surface area (Å²) in [4.78, 5) is 12.8. The number of halogens is 1. The van der Waals surface area contributed by atoms with Crippen LogP contribution in [0.15, 0.2) is 24.4 Å². The lowest BCUT2D eigenvalue weighted by Gasteiger charge is -2.36. The Balaban J connectivity index is 1.89. The van der Waals surface area contributed by atoms with Crippen LogP contribution < -0.4 is 10.0 Å². The Morgan fingerprint density at radius 2 is 2.11 bits per heavy atom. The number of phenolic OH excluding ortho intramolecular Hbond substituents is 1. The van der Waals surface area contributed by atoms with Gasteiger partial charge in [-0.2, -0.15) is 22.5 Å². The second-order valence-electron chi connectivity index (χ2n) is 6.40. The molecule has 0 saturated carbocycles. The highest BCUT2D eigenvalue weighted by atomic mass is 35.5. The molecule has 1 saturated heterocycles. The summed E-state index contributed by atoms with van der Waals surface area (Å²) in [5, 5.41) is 16.9. The van der Waals surface area contributed by atoms with Crippen molar-refractivity contribution < 1.29 is 18.3 Å². The van der Waals surface area contributed by atoms with Crippen molar-refractivity contribution in [3.8, 4) is 5.75 Å². The zero-order valence-corrected chi connectivity index (χ0v) is 16.5. The molecule has 1 aliphatic rings. The summed E-state index contributed by atoms with van der Waals surface area (Å²) in [6.45, 7) is 1.83. The van der Waals surface area contributed by atoms with Gasteiger partial charge in [0.1, 0.15) is 11.8 Å². The van der Waals surface area contributed by atoms with Crippen LogP contribution in [0.25, 0.3) is 0 Å². The Bertz CT molecular complexity index is 991. The first-order valence-corrected chi connectivity index (χ1v) is 9.95. The van der Waals surface area contributed by atoms with E-state index in [-0.39, 0.29) is 17.9 Å². The molecule has 3 N–H and O–H groups in total. The zero-order valence-electron chi connectivity index (χ0n) is 15.0. The Labute approximate surface area is 162 Å². The van der Waals surface area contributed by atoms with Gasteiger partial charge in [0, 0.05) is 30.4 Å². The van der Waals surface area contributed by atoms with Gasteiger partial charge in [-0.05, 0) is 31.5 Å². The normalized spacial score (nSPS) is 22.5. The second-order valence-corrected chi connectivity index (χ2v) is 8.60. The second kappa shape index (κ2) is 7.12. The average molecular weight is 414 g/mol. The molecule has 0 bridgehead atoms. The summed E-state index contributed by atoms with van der Waals surface area (Å²) in [7, 11) is -0.786. The predicted molar refractivity (Wildman–Crippen MR) is 101 cm³/mol. The van der Waals surface area contributed by atoms with Crippen LogP contribution in [0.2, 0.25) is 5.02 Å². The van der Waals surface area contributed by atoms with Gasteiger partial charge in [0.05, 0.1) is 17.9 Å². The van der Waals surface area contributed by atoms with Crippen molar-refractivity contribution in [1.82, 2.24) is 18.8 Å².